The molecule has 17 heavy (non-hydrogen) atoms. The number of morpholine rings is 1. The maximum absolute atomic E-state index is 11.9. The van der Waals surface area contributed by atoms with Gasteiger partial charge in [-0.3, -0.25) is 0 Å². The molecule has 0 aromatic carbocycles. The van der Waals surface area contributed by atoms with Crippen LogP contribution in [0, 0.1) is 0 Å². The topological polar surface area (TPSA) is 80.8 Å². The molecule has 1 fully saturated rings. The number of alkyl halides is 1. The molecule has 102 valence electrons. The highest BCUT2D eigenvalue weighted by molar-refractivity contribution is 7.93. The van der Waals surface area contributed by atoms with Crippen LogP contribution in [0.15, 0.2) is 0 Å². The van der Waals surface area contributed by atoms with E-state index in [1.165, 1.54) is 4.31 Å². The molecule has 9 heteroatoms. The monoisotopic (exact) mass is 305 g/mol. The van der Waals surface area contributed by atoms with Crippen LogP contribution in [0.5, 0.6) is 0 Å². The van der Waals surface area contributed by atoms with Crippen LogP contribution in [-0.4, -0.2) is 70.6 Å². The summed E-state index contributed by atoms with van der Waals surface area (Å²) in [6.07, 6.45) is 1.01. The highest BCUT2D eigenvalue weighted by atomic mass is 35.5. The minimum Gasteiger partial charge on any atom is -0.378 e. The number of rotatable bonds is 5. The van der Waals surface area contributed by atoms with Gasteiger partial charge in [0.1, 0.15) is 9.84 Å². The third-order valence-corrected chi connectivity index (χ3v) is 5.90. The fraction of sp³-hybridized carbons (Fsp3) is 1.00. The van der Waals surface area contributed by atoms with Crippen LogP contribution >= 0.6 is 11.6 Å². The molecule has 0 radical (unpaired) electrons. The van der Waals surface area contributed by atoms with Gasteiger partial charge in [0.15, 0.2) is 0 Å². The smallest absolute Gasteiger partial charge is 0.215 e. The van der Waals surface area contributed by atoms with E-state index >= 15 is 0 Å². The summed E-state index contributed by atoms with van der Waals surface area (Å²) in [6.45, 7) is 0.788. The Labute approximate surface area is 107 Å². The summed E-state index contributed by atoms with van der Waals surface area (Å²) >= 11 is 5.67. The molecule has 0 aliphatic carbocycles. The molecule has 0 bridgehead atoms. The summed E-state index contributed by atoms with van der Waals surface area (Å²) in [6, 6.07) is -0.407. The maximum Gasteiger partial charge on any atom is 0.215 e. The van der Waals surface area contributed by atoms with Gasteiger partial charge in [0.05, 0.1) is 30.8 Å². The Morgan fingerprint density at radius 3 is 2.47 bits per heavy atom. The summed E-state index contributed by atoms with van der Waals surface area (Å²) < 4.78 is 52.2. The molecular weight excluding hydrogens is 290 g/mol. The van der Waals surface area contributed by atoms with Gasteiger partial charge in [0.25, 0.3) is 0 Å². The van der Waals surface area contributed by atoms with Crippen molar-refractivity contribution >= 4 is 31.5 Å². The van der Waals surface area contributed by atoms with Gasteiger partial charge in [-0.1, -0.05) is 0 Å². The van der Waals surface area contributed by atoms with Gasteiger partial charge in [-0.15, -0.1) is 11.6 Å². The van der Waals surface area contributed by atoms with Crippen molar-refractivity contribution in [2.24, 2.45) is 0 Å². The number of nitrogens with zero attached hydrogens (tertiary/aromatic N) is 1. The van der Waals surface area contributed by atoms with Crippen LogP contribution in [0.3, 0.4) is 0 Å². The number of sulfonamides is 1. The lowest BCUT2D eigenvalue weighted by atomic mass is 10.3. The first-order valence-corrected chi connectivity index (χ1v) is 9.27. The van der Waals surface area contributed by atoms with E-state index in [2.05, 4.69) is 0 Å². The van der Waals surface area contributed by atoms with Gasteiger partial charge in [-0.05, 0) is 0 Å². The maximum atomic E-state index is 11.9. The molecule has 1 aliphatic heterocycles. The lowest BCUT2D eigenvalue weighted by molar-refractivity contribution is 0.0405. The summed E-state index contributed by atoms with van der Waals surface area (Å²) in [5.74, 6) is -0.640. The van der Waals surface area contributed by atoms with E-state index in [-0.39, 0.29) is 24.8 Å². The minimum atomic E-state index is -3.59. The quantitative estimate of drug-likeness (QED) is 0.628. The van der Waals surface area contributed by atoms with E-state index in [1.807, 2.05) is 0 Å². The number of hydrogen-bond acceptors (Lipinski definition) is 5. The molecule has 1 atom stereocenters. The Morgan fingerprint density at radius 1 is 1.29 bits per heavy atom. The highest BCUT2D eigenvalue weighted by Gasteiger charge is 2.32. The Morgan fingerprint density at radius 2 is 1.94 bits per heavy atom. The van der Waals surface area contributed by atoms with Gasteiger partial charge < -0.3 is 4.74 Å². The molecule has 1 saturated heterocycles. The second-order valence-corrected chi connectivity index (χ2v) is 8.55. The number of halogens is 1. The van der Waals surface area contributed by atoms with Crippen LogP contribution in [0.25, 0.3) is 0 Å². The standard InChI is InChI=1S/C8H16ClNO5S2/c1-16(11,12)4-5-17(13,14)10-2-3-15-7-8(10)6-9/h8H,2-7H2,1H3. The Bertz CT molecular complexity index is 447. The third-order valence-electron chi connectivity index (χ3n) is 2.42. The molecule has 0 aromatic rings. The largest absolute Gasteiger partial charge is 0.378 e. The van der Waals surface area contributed by atoms with E-state index in [4.69, 9.17) is 16.3 Å². The molecule has 6 nitrogen and oxygen atoms in total. The first kappa shape index (κ1) is 15.2. The van der Waals surface area contributed by atoms with Crippen LogP contribution in [0.4, 0.5) is 0 Å². The Hall–Kier alpha value is 0.110. The first-order valence-electron chi connectivity index (χ1n) is 5.07. The molecule has 0 amide bonds. The molecule has 1 heterocycles. The summed E-state index contributed by atoms with van der Waals surface area (Å²) in [5, 5.41) is 0. The molecule has 0 spiro atoms. The second kappa shape index (κ2) is 5.83. The van der Waals surface area contributed by atoms with Gasteiger partial charge in [-0.25, -0.2) is 16.8 Å². The highest BCUT2D eigenvalue weighted by Crippen LogP contribution is 2.14. The average Bonchev–Trinajstić information content (AvgIpc) is 2.26. The second-order valence-electron chi connectivity index (χ2n) is 3.94. The van der Waals surface area contributed by atoms with Crippen molar-refractivity contribution in [3.63, 3.8) is 0 Å². The molecule has 0 saturated carbocycles. The molecule has 1 unspecified atom stereocenters. The van der Waals surface area contributed by atoms with Crippen LogP contribution < -0.4 is 0 Å². The molecule has 1 aliphatic rings. The summed E-state index contributed by atoms with van der Waals surface area (Å²) in [7, 11) is -6.88. The van der Waals surface area contributed by atoms with Gasteiger partial charge >= 0.3 is 0 Å². The SMILES string of the molecule is CS(=O)(=O)CCS(=O)(=O)N1CCOCC1CCl. The minimum absolute atomic E-state index is 0.137. The van der Waals surface area contributed by atoms with E-state index < -0.39 is 31.7 Å². The van der Waals surface area contributed by atoms with Crippen molar-refractivity contribution in [2.45, 2.75) is 6.04 Å². The lowest BCUT2D eigenvalue weighted by Gasteiger charge is -2.33. The van der Waals surface area contributed by atoms with Crippen molar-refractivity contribution in [1.82, 2.24) is 4.31 Å². The molecule has 0 aromatic heterocycles. The van der Waals surface area contributed by atoms with E-state index in [0.29, 0.717) is 6.61 Å². The number of hydrogen-bond donors (Lipinski definition) is 0. The van der Waals surface area contributed by atoms with Gasteiger partial charge in [-0.2, -0.15) is 4.31 Å². The summed E-state index contributed by atoms with van der Waals surface area (Å²) in [5.41, 5.74) is 0. The predicted molar refractivity (Wildman–Crippen MR) is 65.5 cm³/mol. The van der Waals surface area contributed by atoms with Crippen molar-refractivity contribution in [2.75, 3.05) is 43.4 Å². The zero-order valence-corrected chi connectivity index (χ0v) is 11.9. The zero-order chi connectivity index (χ0) is 13.1. The Kier molecular flexibility index (Phi) is 5.21. The summed E-state index contributed by atoms with van der Waals surface area (Å²) in [4.78, 5) is 0. The Balaban J connectivity index is 2.74. The third kappa shape index (κ3) is 4.70. The average molecular weight is 306 g/mol. The number of ether oxygens (including phenoxy) is 1. The van der Waals surface area contributed by atoms with Gasteiger partial charge in [0, 0.05) is 18.7 Å². The first-order chi connectivity index (χ1) is 7.76. The fourth-order valence-corrected chi connectivity index (χ4v) is 5.07. The van der Waals surface area contributed by atoms with E-state index in [0.717, 1.165) is 6.26 Å². The van der Waals surface area contributed by atoms with Crippen LogP contribution in [0.1, 0.15) is 0 Å². The van der Waals surface area contributed by atoms with Crippen molar-refractivity contribution in [3.8, 4) is 0 Å². The van der Waals surface area contributed by atoms with Gasteiger partial charge in [0.2, 0.25) is 10.0 Å². The molecular formula is C8H16ClNO5S2. The van der Waals surface area contributed by atoms with E-state index in [9.17, 15) is 16.8 Å². The lowest BCUT2D eigenvalue weighted by Crippen LogP contribution is -2.50. The zero-order valence-electron chi connectivity index (χ0n) is 9.50. The number of sulfone groups is 1. The molecule has 0 N–H and O–H groups in total. The van der Waals surface area contributed by atoms with E-state index in [1.54, 1.807) is 0 Å². The normalized spacial score (nSPS) is 23.8. The van der Waals surface area contributed by atoms with Crippen molar-refractivity contribution in [3.05, 3.63) is 0 Å². The predicted octanol–water partition coefficient (Wildman–Crippen LogP) is -0.700. The van der Waals surface area contributed by atoms with Crippen molar-refractivity contribution in [1.29, 1.82) is 0 Å². The van der Waals surface area contributed by atoms with Crippen molar-refractivity contribution < 1.29 is 21.6 Å². The molecule has 1 rings (SSSR count). The van der Waals surface area contributed by atoms with Crippen LogP contribution in [-0.2, 0) is 24.6 Å². The fourth-order valence-electron chi connectivity index (χ4n) is 1.50. The van der Waals surface area contributed by atoms with Crippen LogP contribution in [0.2, 0.25) is 0 Å².